The Kier molecular flexibility index (Phi) is 2.80. The molecule has 0 N–H and O–H groups in total. The van der Waals surface area contributed by atoms with Gasteiger partial charge >= 0.3 is 5.66 Å². The fraction of sp³-hybridized carbons (Fsp3) is 0.111. The first-order valence-electron chi connectivity index (χ1n) is 4.04. The van der Waals surface area contributed by atoms with Gasteiger partial charge in [-0.1, -0.05) is 24.8 Å². The second-order valence-electron chi connectivity index (χ2n) is 2.81. The SMILES string of the molecule is C=CC(c1ccccc1)([N+](=O)[O-])[N+](=O)[O-]. The van der Waals surface area contributed by atoms with E-state index in [4.69, 9.17) is 0 Å². The fourth-order valence-corrected chi connectivity index (χ4v) is 1.23. The first-order chi connectivity index (χ1) is 7.05. The van der Waals surface area contributed by atoms with Crippen LogP contribution in [0.1, 0.15) is 5.56 Å². The molecule has 0 aliphatic carbocycles. The minimum Gasteiger partial charge on any atom is -0.258 e. The fourth-order valence-electron chi connectivity index (χ4n) is 1.23. The summed E-state index contributed by atoms with van der Waals surface area (Å²) in [6, 6.07) is 7.28. The van der Waals surface area contributed by atoms with Crippen LogP contribution < -0.4 is 0 Å². The Morgan fingerprint density at radius 3 is 1.93 bits per heavy atom. The molecule has 0 amide bonds. The van der Waals surface area contributed by atoms with Gasteiger partial charge in [0.1, 0.15) is 15.4 Å². The van der Waals surface area contributed by atoms with Gasteiger partial charge in [0.05, 0.1) is 6.08 Å². The van der Waals surface area contributed by atoms with Gasteiger partial charge in [0.15, 0.2) is 0 Å². The Morgan fingerprint density at radius 2 is 1.60 bits per heavy atom. The molecule has 0 aliphatic rings. The average Bonchev–Trinajstić information content (AvgIpc) is 2.20. The van der Waals surface area contributed by atoms with Crippen molar-refractivity contribution in [2.45, 2.75) is 5.66 Å². The third-order valence-electron chi connectivity index (χ3n) is 2.04. The molecule has 1 aromatic rings. The van der Waals surface area contributed by atoms with Gasteiger partial charge in [0.25, 0.3) is 0 Å². The number of benzene rings is 1. The monoisotopic (exact) mass is 208 g/mol. The molecule has 78 valence electrons. The molecule has 15 heavy (non-hydrogen) atoms. The van der Waals surface area contributed by atoms with Gasteiger partial charge in [-0.25, -0.2) is 0 Å². The van der Waals surface area contributed by atoms with E-state index in [2.05, 4.69) is 6.58 Å². The van der Waals surface area contributed by atoms with Crippen molar-refractivity contribution < 1.29 is 9.85 Å². The Morgan fingerprint density at radius 1 is 1.13 bits per heavy atom. The zero-order valence-electron chi connectivity index (χ0n) is 7.70. The summed E-state index contributed by atoms with van der Waals surface area (Å²) in [5, 5.41) is 21.6. The summed E-state index contributed by atoms with van der Waals surface area (Å²) in [7, 11) is 0. The van der Waals surface area contributed by atoms with Gasteiger partial charge < -0.3 is 0 Å². The lowest BCUT2D eigenvalue weighted by molar-refractivity contribution is -0.794. The topological polar surface area (TPSA) is 86.3 Å². The highest BCUT2D eigenvalue weighted by atomic mass is 16.7. The molecule has 1 aromatic carbocycles. The Hall–Kier alpha value is -2.24. The molecular weight excluding hydrogens is 200 g/mol. The van der Waals surface area contributed by atoms with Gasteiger partial charge in [0.2, 0.25) is 0 Å². The van der Waals surface area contributed by atoms with Gasteiger partial charge in [-0.3, -0.25) is 20.2 Å². The molecular formula is C9H8N2O4. The maximum absolute atomic E-state index is 10.8. The number of rotatable bonds is 4. The minimum atomic E-state index is -2.46. The van der Waals surface area contributed by atoms with E-state index >= 15 is 0 Å². The average molecular weight is 208 g/mol. The molecule has 0 heterocycles. The van der Waals surface area contributed by atoms with Gasteiger partial charge in [-0.2, -0.15) is 0 Å². The second kappa shape index (κ2) is 3.87. The van der Waals surface area contributed by atoms with Gasteiger partial charge in [-0.15, -0.1) is 0 Å². The molecule has 0 saturated heterocycles. The number of hydrogen-bond donors (Lipinski definition) is 0. The van der Waals surface area contributed by atoms with Crippen LogP contribution in [0.4, 0.5) is 0 Å². The maximum Gasteiger partial charge on any atom is 0.503 e. The second-order valence-corrected chi connectivity index (χ2v) is 2.81. The zero-order valence-corrected chi connectivity index (χ0v) is 7.70. The van der Waals surface area contributed by atoms with Crippen LogP contribution in [0.15, 0.2) is 43.0 Å². The van der Waals surface area contributed by atoms with Crippen LogP contribution in [0.3, 0.4) is 0 Å². The van der Waals surface area contributed by atoms with Crippen LogP contribution in [-0.2, 0) is 5.66 Å². The van der Waals surface area contributed by atoms with Crippen molar-refractivity contribution in [1.29, 1.82) is 0 Å². The van der Waals surface area contributed by atoms with Crippen LogP contribution in [0, 0.1) is 20.2 Å². The van der Waals surface area contributed by atoms with Crippen molar-refractivity contribution in [2.75, 3.05) is 0 Å². The van der Waals surface area contributed by atoms with Crippen molar-refractivity contribution in [2.24, 2.45) is 0 Å². The van der Waals surface area contributed by atoms with E-state index in [1.165, 1.54) is 24.3 Å². The van der Waals surface area contributed by atoms with E-state index in [0.29, 0.717) is 0 Å². The lowest BCUT2D eigenvalue weighted by Crippen LogP contribution is -2.41. The van der Waals surface area contributed by atoms with Crippen molar-refractivity contribution in [3.05, 3.63) is 68.8 Å². The lowest BCUT2D eigenvalue weighted by Gasteiger charge is -2.12. The Labute approximate surface area is 85.1 Å². The molecule has 0 spiro atoms. The third kappa shape index (κ3) is 1.56. The predicted molar refractivity (Wildman–Crippen MR) is 52.3 cm³/mol. The molecule has 0 atom stereocenters. The summed E-state index contributed by atoms with van der Waals surface area (Å²) < 4.78 is 0. The van der Waals surface area contributed by atoms with E-state index in [-0.39, 0.29) is 5.56 Å². The highest BCUT2D eigenvalue weighted by Gasteiger charge is 2.54. The first-order valence-corrected chi connectivity index (χ1v) is 4.04. The Bertz CT molecular complexity index is 388. The van der Waals surface area contributed by atoms with E-state index < -0.39 is 15.5 Å². The third-order valence-corrected chi connectivity index (χ3v) is 2.04. The van der Waals surface area contributed by atoms with E-state index in [1.807, 2.05) is 0 Å². The molecule has 6 nitrogen and oxygen atoms in total. The Balaban J connectivity index is 3.42. The summed E-state index contributed by atoms with van der Waals surface area (Å²) >= 11 is 0. The van der Waals surface area contributed by atoms with Gasteiger partial charge in [0, 0.05) is 0 Å². The van der Waals surface area contributed by atoms with E-state index in [0.717, 1.165) is 6.08 Å². The number of nitrogens with zero attached hydrogens (tertiary/aromatic N) is 2. The van der Waals surface area contributed by atoms with Crippen molar-refractivity contribution in [1.82, 2.24) is 0 Å². The summed E-state index contributed by atoms with van der Waals surface area (Å²) in [4.78, 5) is 19.6. The summed E-state index contributed by atoms with van der Waals surface area (Å²) in [5.41, 5.74) is -2.48. The quantitative estimate of drug-likeness (QED) is 0.325. The van der Waals surface area contributed by atoms with Crippen molar-refractivity contribution >= 4 is 0 Å². The molecule has 1 rings (SSSR count). The summed E-state index contributed by atoms with van der Waals surface area (Å²) in [5.74, 6) is 0. The highest BCUT2D eigenvalue weighted by molar-refractivity contribution is 5.23. The largest absolute Gasteiger partial charge is 0.503 e. The number of nitro groups is 2. The van der Waals surface area contributed by atoms with Gasteiger partial charge in [-0.05, 0) is 12.1 Å². The van der Waals surface area contributed by atoms with Crippen molar-refractivity contribution in [3.63, 3.8) is 0 Å². The van der Waals surface area contributed by atoms with Crippen LogP contribution in [0.5, 0.6) is 0 Å². The molecule has 0 aromatic heterocycles. The van der Waals surface area contributed by atoms with Crippen LogP contribution in [0.2, 0.25) is 0 Å². The van der Waals surface area contributed by atoms with Crippen LogP contribution in [0.25, 0.3) is 0 Å². The maximum atomic E-state index is 10.8. The van der Waals surface area contributed by atoms with Crippen LogP contribution in [-0.4, -0.2) is 9.85 Å². The number of hydrogen-bond acceptors (Lipinski definition) is 4. The molecule has 0 unspecified atom stereocenters. The first kappa shape index (κ1) is 10.8. The van der Waals surface area contributed by atoms with E-state index in [9.17, 15) is 20.2 Å². The van der Waals surface area contributed by atoms with E-state index in [1.54, 1.807) is 6.07 Å². The molecule has 0 radical (unpaired) electrons. The molecule has 0 aliphatic heterocycles. The lowest BCUT2D eigenvalue weighted by atomic mass is 10.0. The summed E-state index contributed by atoms with van der Waals surface area (Å²) in [6.45, 7) is 3.17. The summed E-state index contributed by atoms with van der Waals surface area (Å²) in [6.07, 6.45) is 0.725. The smallest absolute Gasteiger partial charge is 0.258 e. The standard InChI is InChI=1S/C9H8N2O4/c1-2-9(10(12)13,11(14)15)8-6-4-3-5-7-8/h2-7H,1H2. The highest BCUT2D eigenvalue weighted by Crippen LogP contribution is 2.26. The molecule has 0 fully saturated rings. The molecule has 6 heteroatoms. The van der Waals surface area contributed by atoms with Crippen molar-refractivity contribution in [3.8, 4) is 0 Å². The zero-order chi connectivity index (χ0) is 11.5. The minimum absolute atomic E-state index is 0.0185. The molecule has 0 bridgehead atoms. The predicted octanol–water partition coefficient (Wildman–Crippen LogP) is 1.58. The normalized spacial score (nSPS) is 10.7. The molecule has 0 saturated carbocycles. The van der Waals surface area contributed by atoms with Crippen LogP contribution >= 0.6 is 0 Å².